The molecule has 0 bridgehead atoms. The molecule has 0 saturated heterocycles. The predicted molar refractivity (Wildman–Crippen MR) is 39.7 cm³/mol. The summed E-state index contributed by atoms with van der Waals surface area (Å²) in [5.74, 6) is -0.380. The number of hydrogen-bond acceptors (Lipinski definition) is 1. The van der Waals surface area contributed by atoms with Crippen molar-refractivity contribution in [1.29, 1.82) is 0 Å². The van der Waals surface area contributed by atoms with Crippen molar-refractivity contribution in [3.63, 3.8) is 0 Å². The number of carbonyl (C=O) groups is 1. The highest BCUT2D eigenvalue weighted by atomic mass is 16.4. The number of carboxylic acid groups (broad SMARTS) is 1. The number of carboxylic acids is 1. The van der Waals surface area contributed by atoms with Crippen LogP contribution in [-0.2, 0) is 4.79 Å². The lowest BCUT2D eigenvalue weighted by Gasteiger charge is -1.86. The first-order valence-corrected chi connectivity index (χ1v) is 3.25. The van der Waals surface area contributed by atoms with Crippen LogP contribution < -0.4 is 0 Å². The van der Waals surface area contributed by atoms with Gasteiger partial charge in [0.25, 0.3) is 0 Å². The highest BCUT2D eigenvalue weighted by Gasteiger charge is 1.87. The normalized spacial score (nSPS) is 8.70. The molecule has 56 valence electrons. The van der Waals surface area contributed by atoms with Crippen molar-refractivity contribution in [2.45, 2.75) is 20.3 Å². The van der Waals surface area contributed by atoms with E-state index >= 15 is 0 Å². The molecule has 0 aliphatic carbocycles. The van der Waals surface area contributed by atoms with Crippen LogP contribution in [0.25, 0.3) is 0 Å². The van der Waals surface area contributed by atoms with Gasteiger partial charge < -0.3 is 5.11 Å². The molecule has 0 unspecified atom stereocenters. The minimum absolute atomic E-state index is 0.0587. The Morgan fingerprint density at radius 2 is 2.30 bits per heavy atom. The van der Waals surface area contributed by atoms with Crippen molar-refractivity contribution in [2.75, 3.05) is 0 Å². The zero-order valence-corrected chi connectivity index (χ0v) is 6.29. The van der Waals surface area contributed by atoms with Crippen LogP contribution in [0, 0.1) is 5.92 Å². The molecule has 0 aromatic rings. The molecule has 0 saturated carbocycles. The molecule has 0 aromatic heterocycles. The zero-order valence-electron chi connectivity index (χ0n) is 6.29. The third-order valence-corrected chi connectivity index (χ3v) is 0.824. The lowest BCUT2D eigenvalue weighted by molar-refractivity contribution is -0.135. The van der Waals surface area contributed by atoms with Crippen molar-refractivity contribution < 1.29 is 9.90 Å². The van der Waals surface area contributed by atoms with Gasteiger partial charge in [0, 0.05) is 0 Å². The summed E-state index contributed by atoms with van der Waals surface area (Å²) < 4.78 is 0. The summed E-state index contributed by atoms with van der Waals surface area (Å²) >= 11 is 0. The Kier molecular flexibility index (Phi) is 4.34. The van der Waals surface area contributed by atoms with Gasteiger partial charge in [0.15, 0.2) is 0 Å². The molecule has 2 nitrogen and oxygen atoms in total. The summed E-state index contributed by atoms with van der Waals surface area (Å²) in [5, 5.41) is 8.19. The second kappa shape index (κ2) is 4.83. The number of rotatable bonds is 3. The van der Waals surface area contributed by atoms with Gasteiger partial charge in [-0.05, 0) is 18.1 Å². The SMILES string of the molecule is CC(C)C=C=CCC(=O)O. The number of hydrogen-bond donors (Lipinski definition) is 1. The van der Waals surface area contributed by atoms with E-state index in [0.717, 1.165) is 0 Å². The quantitative estimate of drug-likeness (QED) is 0.607. The molecule has 0 radical (unpaired) electrons. The van der Waals surface area contributed by atoms with Crippen molar-refractivity contribution >= 4 is 5.97 Å². The Bertz CT molecular complexity index is 162. The first-order valence-electron chi connectivity index (χ1n) is 3.25. The van der Waals surface area contributed by atoms with E-state index in [0.29, 0.717) is 5.92 Å². The lowest BCUT2D eigenvalue weighted by atomic mass is 10.2. The van der Waals surface area contributed by atoms with Gasteiger partial charge in [-0.25, -0.2) is 0 Å². The molecule has 0 aliphatic rings. The number of aliphatic carboxylic acids is 1. The van der Waals surface area contributed by atoms with Crippen LogP contribution in [0.3, 0.4) is 0 Å². The van der Waals surface area contributed by atoms with Gasteiger partial charge in [-0.1, -0.05) is 13.8 Å². The zero-order chi connectivity index (χ0) is 7.98. The van der Waals surface area contributed by atoms with Crippen molar-refractivity contribution in [1.82, 2.24) is 0 Å². The monoisotopic (exact) mass is 140 g/mol. The first-order chi connectivity index (χ1) is 4.63. The van der Waals surface area contributed by atoms with Crippen LogP contribution in [0.15, 0.2) is 17.9 Å². The third-order valence-electron chi connectivity index (χ3n) is 0.824. The first kappa shape index (κ1) is 8.99. The van der Waals surface area contributed by atoms with E-state index in [2.05, 4.69) is 5.73 Å². The van der Waals surface area contributed by atoms with Crippen molar-refractivity contribution in [3.8, 4) is 0 Å². The van der Waals surface area contributed by atoms with Crippen LogP contribution in [0.4, 0.5) is 0 Å². The Labute approximate surface area is 60.9 Å². The summed E-state index contributed by atoms with van der Waals surface area (Å²) in [6, 6.07) is 0. The van der Waals surface area contributed by atoms with Crippen LogP contribution in [0.5, 0.6) is 0 Å². The Hall–Kier alpha value is -1.01. The molecule has 0 aliphatic heterocycles. The molecule has 1 N–H and O–H groups in total. The fraction of sp³-hybridized carbons (Fsp3) is 0.500. The van der Waals surface area contributed by atoms with Crippen LogP contribution in [0.1, 0.15) is 20.3 Å². The summed E-state index contributed by atoms with van der Waals surface area (Å²) in [4.78, 5) is 9.96. The fourth-order valence-corrected chi connectivity index (χ4v) is 0.407. The maximum Gasteiger partial charge on any atom is 0.307 e. The average Bonchev–Trinajstić information content (AvgIpc) is 1.79. The van der Waals surface area contributed by atoms with E-state index in [1.165, 1.54) is 6.08 Å². The van der Waals surface area contributed by atoms with E-state index in [-0.39, 0.29) is 6.42 Å². The maximum atomic E-state index is 9.96. The van der Waals surface area contributed by atoms with E-state index in [9.17, 15) is 4.79 Å². The molecule has 0 fully saturated rings. The Morgan fingerprint density at radius 1 is 1.70 bits per heavy atom. The minimum atomic E-state index is -0.815. The average molecular weight is 140 g/mol. The molecular formula is C8H12O2. The van der Waals surface area contributed by atoms with Gasteiger partial charge in [0.2, 0.25) is 0 Å². The Morgan fingerprint density at radius 3 is 2.70 bits per heavy atom. The molecule has 0 heterocycles. The molecule has 0 aromatic carbocycles. The summed E-state index contributed by atoms with van der Waals surface area (Å²) in [6.45, 7) is 4.03. The van der Waals surface area contributed by atoms with Crippen LogP contribution in [-0.4, -0.2) is 11.1 Å². The summed E-state index contributed by atoms with van der Waals surface area (Å²) in [5.41, 5.74) is 2.79. The third kappa shape index (κ3) is 6.99. The van der Waals surface area contributed by atoms with Gasteiger partial charge >= 0.3 is 5.97 Å². The molecule has 0 amide bonds. The molecule has 0 spiro atoms. The van der Waals surface area contributed by atoms with E-state index in [1.807, 2.05) is 19.9 Å². The van der Waals surface area contributed by atoms with E-state index in [4.69, 9.17) is 5.11 Å². The largest absolute Gasteiger partial charge is 0.481 e. The maximum absolute atomic E-state index is 9.96. The van der Waals surface area contributed by atoms with Crippen LogP contribution in [0.2, 0.25) is 0 Å². The van der Waals surface area contributed by atoms with Crippen molar-refractivity contribution in [3.05, 3.63) is 17.9 Å². The fourth-order valence-electron chi connectivity index (χ4n) is 0.407. The van der Waals surface area contributed by atoms with Gasteiger partial charge in [-0.15, -0.1) is 5.73 Å². The van der Waals surface area contributed by atoms with Gasteiger partial charge in [-0.3, -0.25) is 4.79 Å². The molecule has 2 heteroatoms. The van der Waals surface area contributed by atoms with Crippen LogP contribution >= 0.6 is 0 Å². The smallest absolute Gasteiger partial charge is 0.307 e. The highest BCUT2D eigenvalue weighted by Crippen LogP contribution is 1.91. The Balaban J connectivity index is 3.65. The van der Waals surface area contributed by atoms with E-state index < -0.39 is 5.97 Å². The van der Waals surface area contributed by atoms with Gasteiger partial charge in [-0.2, -0.15) is 0 Å². The second-order valence-corrected chi connectivity index (χ2v) is 2.38. The van der Waals surface area contributed by atoms with E-state index in [1.54, 1.807) is 0 Å². The van der Waals surface area contributed by atoms with Crippen molar-refractivity contribution in [2.24, 2.45) is 5.92 Å². The minimum Gasteiger partial charge on any atom is -0.481 e. The molecule has 0 atom stereocenters. The van der Waals surface area contributed by atoms with Gasteiger partial charge in [0.05, 0.1) is 6.42 Å². The summed E-state index contributed by atoms with van der Waals surface area (Å²) in [7, 11) is 0. The molecule has 0 rings (SSSR count). The highest BCUT2D eigenvalue weighted by molar-refractivity contribution is 5.68. The second-order valence-electron chi connectivity index (χ2n) is 2.38. The molecule has 10 heavy (non-hydrogen) atoms. The lowest BCUT2D eigenvalue weighted by Crippen LogP contribution is -1.88. The summed E-state index contributed by atoms with van der Waals surface area (Å²) in [6.07, 6.45) is 3.41. The molecular weight excluding hydrogens is 128 g/mol. The topological polar surface area (TPSA) is 37.3 Å². The predicted octanol–water partition coefficient (Wildman–Crippen LogP) is 1.83. The standard InChI is InChI=1S/C8H12O2/c1-7(2)5-3-4-6-8(9)10/h4-5,7H,6H2,1-2H3,(H,9,10). The van der Waals surface area contributed by atoms with Gasteiger partial charge in [0.1, 0.15) is 0 Å².